The Morgan fingerprint density at radius 3 is 2.29 bits per heavy atom. The summed E-state index contributed by atoms with van der Waals surface area (Å²) in [6.07, 6.45) is 0. The summed E-state index contributed by atoms with van der Waals surface area (Å²) in [5.74, 6) is -0.797. The molecular formula is C14H12F2O. The molecule has 0 bridgehead atoms. The average molecular weight is 234 g/mol. The van der Waals surface area contributed by atoms with Crippen LogP contribution in [0.25, 0.3) is 11.1 Å². The van der Waals surface area contributed by atoms with Crippen LogP contribution in [0.15, 0.2) is 30.3 Å². The molecule has 17 heavy (non-hydrogen) atoms. The standard InChI is InChI=1S/C14H12F2O/c1-8-6-14(17)9(2)5-11(8)12-7-10(15)3-4-13(12)16/h3-7,17H,1-2H3. The van der Waals surface area contributed by atoms with E-state index in [1.54, 1.807) is 26.0 Å². The molecule has 0 radical (unpaired) electrons. The maximum absolute atomic E-state index is 13.6. The number of phenolic OH excluding ortho intramolecular Hbond substituents is 1. The molecule has 3 heteroatoms. The van der Waals surface area contributed by atoms with Crippen molar-refractivity contribution < 1.29 is 13.9 Å². The van der Waals surface area contributed by atoms with Gasteiger partial charge in [0.2, 0.25) is 0 Å². The first-order valence-corrected chi connectivity index (χ1v) is 5.24. The molecule has 0 fully saturated rings. The number of phenols is 1. The Morgan fingerprint density at radius 2 is 1.59 bits per heavy atom. The van der Waals surface area contributed by atoms with Gasteiger partial charge in [0.15, 0.2) is 0 Å². The minimum Gasteiger partial charge on any atom is -0.508 e. The zero-order valence-corrected chi connectivity index (χ0v) is 9.59. The maximum atomic E-state index is 13.6. The van der Waals surface area contributed by atoms with Gasteiger partial charge in [-0.2, -0.15) is 0 Å². The highest BCUT2D eigenvalue weighted by atomic mass is 19.1. The van der Waals surface area contributed by atoms with Crippen LogP contribution in [0, 0.1) is 25.5 Å². The molecule has 0 aromatic heterocycles. The van der Waals surface area contributed by atoms with Crippen LogP contribution in [0.2, 0.25) is 0 Å². The molecular weight excluding hydrogens is 222 g/mol. The zero-order chi connectivity index (χ0) is 12.6. The van der Waals surface area contributed by atoms with E-state index in [0.29, 0.717) is 16.7 Å². The van der Waals surface area contributed by atoms with E-state index in [-0.39, 0.29) is 11.3 Å². The lowest BCUT2D eigenvalue weighted by Crippen LogP contribution is -1.91. The molecule has 0 aliphatic heterocycles. The van der Waals surface area contributed by atoms with E-state index in [2.05, 4.69) is 0 Å². The summed E-state index contributed by atoms with van der Waals surface area (Å²) in [6.45, 7) is 3.47. The number of aryl methyl sites for hydroxylation is 2. The van der Waals surface area contributed by atoms with Crippen molar-refractivity contribution in [3.05, 3.63) is 53.1 Å². The molecule has 1 N–H and O–H groups in total. The first-order valence-electron chi connectivity index (χ1n) is 5.24. The van der Waals surface area contributed by atoms with E-state index in [9.17, 15) is 13.9 Å². The number of hydrogen-bond donors (Lipinski definition) is 1. The van der Waals surface area contributed by atoms with Crippen LogP contribution in [0.3, 0.4) is 0 Å². The minimum absolute atomic E-state index is 0.156. The zero-order valence-electron chi connectivity index (χ0n) is 9.59. The molecule has 1 nitrogen and oxygen atoms in total. The van der Waals surface area contributed by atoms with Crippen molar-refractivity contribution in [2.45, 2.75) is 13.8 Å². The van der Waals surface area contributed by atoms with Gasteiger partial charge in [-0.15, -0.1) is 0 Å². The SMILES string of the molecule is Cc1cc(-c2cc(F)ccc2F)c(C)cc1O. The van der Waals surface area contributed by atoms with Gasteiger partial charge in [0.25, 0.3) is 0 Å². The van der Waals surface area contributed by atoms with Crippen molar-refractivity contribution in [1.82, 2.24) is 0 Å². The first kappa shape index (κ1) is 11.6. The third-order valence-corrected chi connectivity index (χ3v) is 2.76. The monoisotopic (exact) mass is 234 g/mol. The Balaban J connectivity index is 2.68. The van der Waals surface area contributed by atoms with Gasteiger partial charge < -0.3 is 5.11 Å². The Kier molecular flexibility index (Phi) is 2.84. The highest BCUT2D eigenvalue weighted by Crippen LogP contribution is 2.31. The largest absolute Gasteiger partial charge is 0.508 e. The summed E-state index contributed by atoms with van der Waals surface area (Å²) in [5, 5.41) is 9.53. The molecule has 0 amide bonds. The van der Waals surface area contributed by atoms with Crippen LogP contribution in [-0.2, 0) is 0 Å². The van der Waals surface area contributed by atoms with E-state index in [1.165, 1.54) is 0 Å². The molecule has 2 aromatic carbocycles. The van der Waals surface area contributed by atoms with Crippen LogP contribution >= 0.6 is 0 Å². The predicted molar refractivity (Wildman–Crippen MR) is 62.9 cm³/mol. The number of aromatic hydroxyl groups is 1. The molecule has 2 rings (SSSR count). The predicted octanol–water partition coefficient (Wildman–Crippen LogP) is 3.95. The molecule has 0 aliphatic carbocycles. The van der Waals surface area contributed by atoms with Crippen LogP contribution in [-0.4, -0.2) is 5.11 Å². The molecule has 0 spiro atoms. The second-order valence-corrected chi connectivity index (χ2v) is 4.08. The van der Waals surface area contributed by atoms with Crippen LogP contribution < -0.4 is 0 Å². The topological polar surface area (TPSA) is 20.2 Å². The van der Waals surface area contributed by atoms with Crippen LogP contribution in [0.5, 0.6) is 5.75 Å². The number of benzene rings is 2. The van der Waals surface area contributed by atoms with Crippen molar-refractivity contribution in [2.75, 3.05) is 0 Å². The molecule has 0 atom stereocenters. The summed E-state index contributed by atoms with van der Waals surface area (Å²) in [5.41, 5.74) is 2.15. The second kappa shape index (κ2) is 4.17. The third kappa shape index (κ3) is 2.13. The van der Waals surface area contributed by atoms with E-state index in [4.69, 9.17) is 0 Å². The van der Waals surface area contributed by atoms with Gasteiger partial charge in [0, 0.05) is 5.56 Å². The maximum Gasteiger partial charge on any atom is 0.131 e. The molecule has 2 aromatic rings. The highest BCUT2D eigenvalue weighted by molar-refractivity contribution is 5.70. The fourth-order valence-electron chi connectivity index (χ4n) is 1.80. The van der Waals surface area contributed by atoms with Crippen LogP contribution in [0.4, 0.5) is 8.78 Å². The molecule has 0 saturated carbocycles. The van der Waals surface area contributed by atoms with Crippen molar-refractivity contribution in [1.29, 1.82) is 0 Å². The highest BCUT2D eigenvalue weighted by Gasteiger charge is 2.11. The van der Waals surface area contributed by atoms with Gasteiger partial charge in [-0.25, -0.2) is 8.78 Å². The Hall–Kier alpha value is -1.90. The molecule has 0 saturated heterocycles. The minimum atomic E-state index is -0.480. The molecule has 88 valence electrons. The summed E-state index contributed by atoms with van der Waals surface area (Å²) in [4.78, 5) is 0. The normalized spacial score (nSPS) is 10.6. The second-order valence-electron chi connectivity index (χ2n) is 4.08. The van der Waals surface area contributed by atoms with Gasteiger partial charge in [0.05, 0.1) is 0 Å². The van der Waals surface area contributed by atoms with Gasteiger partial charge >= 0.3 is 0 Å². The molecule has 0 heterocycles. The van der Waals surface area contributed by atoms with Gasteiger partial charge in [0.1, 0.15) is 17.4 Å². The van der Waals surface area contributed by atoms with Crippen LogP contribution in [0.1, 0.15) is 11.1 Å². The van der Waals surface area contributed by atoms with Crippen molar-refractivity contribution in [2.24, 2.45) is 0 Å². The van der Waals surface area contributed by atoms with Crippen molar-refractivity contribution >= 4 is 0 Å². The number of halogens is 2. The first-order chi connectivity index (χ1) is 7.99. The third-order valence-electron chi connectivity index (χ3n) is 2.76. The lowest BCUT2D eigenvalue weighted by molar-refractivity contribution is 0.470. The number of hydrogen-bond acceptors (Lipinski definition) is 1. The smallest absolute Gasteiger partial charge is 0.131 e. The molecule has 0 unspecified atom stereocenters. The summed E-state index contributed by atoms with van der Waals surface area (Å²) >= 11 is 0. The van der Waals surface area contributed by atoms with Gasteiger partial charge in [-0.05, 0) is 60.9 Å². The summed E-state index contributed by atoms with van der Waals surface area (Å²) in [7, 11) is 0. The van der Waals surface area contributed by atoms with E-state index < -0.39 is 11.6 Å². The summed E-state index contributed by atoms with van der Waals surface area (Å²) in [6, 6.07) is 6.55. The van der Waals surface area contributed by atoms with E-state index in [1.807, 2.05) is 0 Å². The fourth-order valence-corrected chi connectivity index (χ4v) is 1.80. The summed E-state index contributed by atoms with van der Waals surface area (Å²) < 4.78 is 26.8. The lowest BCUT2D eigenvalue weighted by atomic mass is 9.97. The fraction of sp³-hybridized carbons (Fsp3) is 0.143. The quantitative estimate of drug-likeness (QED) is 0.792. The van der Waals surface area contributed by atoms with Crippen molar-refractivity contribution in [3.8, 4) is 16.9 Å². The average Bonchev–Trinajstić information content (AvgIpc) is 2.27. The van der Waals surface area contributed by atoms with E-state index in [0.717, 1.165) is 18.2 Å². The Labute approximate surface area is 98.3 Å². The Morgan fingerprint density at radius 1 is 0.882 bits per heavy atom. The lowest BCUT2D eigenvalue weighted by Gasteiger charge is -2.10. The Bertz CT molecular complexity index is 577. The van der Waals surface area contributed by atoms with Gasteiger partial charge in [-0.1, -0.05) is 0 Å². The van der Waals surface area contributed by atoms with Crippen molar-refractivity contribution in [3.63, 3.8) is 0 Å². The van der Waals surface area contributed by atoms with Gasteiger partial charge in [-0.3, -0.25) is 0 Å². The molecule has 0 aliphatic rings. The number of rotatable bonds is 1. The van der Waals surface area contributed by atoms with E-state index >= 15 is 0 Å².